The molecule has 6 heteroatoms. The molecule has 0 atom stereocenters. The number of anilines is 1. The number of fused-ring (bicyclic) bond motifs is 1. The molecule has 0 saturated carbocycles. The Balaban J connectivity index is 1.69. The smallest absolute Gasteiger partial charge is 0.257 e. The largest absolute Gasteiger partial charge is 0.494 e. The molecule has 5 nitrogen and oxygen atoms in total. The van der Waals surface area contributed by atoms with Crippen LogP contribution in [0.25, 0.3) is 10.2 Å². The third-order valence-electron chi connectivity index (χ3n) is 4.67. The number of aromatic nitrogens is 1. The van der Waals surface area contributed by atoms with Crippen LogP contribution < -0.4 is 10.1 Å². The summed E-state index contributed by atoms with van der Waals surface area (Å²) < 4.78 is 12.1. The fraction of sp³-hybridized carbons (Fsp3) is 0.300. The fourth-order valence-electron chi connectivity index (χ4n) is 3.31. The topological polar surface area (TPSA) is 60.5 Å². The van der Waals surface area contributed by atoms with E-state index in [1.165, 1.54) is 16.9 Å². The van der Waals surface area contributed by atoms with Crippen molar-refractivity contribution in [2.24, 2.45) is 0 Å². The Morgan fingerprint density at radius 2 is 1.96 bits per heavy atom. The molecule has 1 saturated heterocycles. The number of methoxy groups -OCH3 is 1. The van der Waals surface area contributed by atoms with Gasteiger partial charge >= 0.3 is 0 Å². The Kier molecular flexibility index (Phi) is 4.86. The zero-order chi connectivity index (χ0) is 17.9. The zero-order valence-corrected chi connectivity index (χ0v) is 15.3. The summed E-state index contributed by atoms with van der Waals surface area (Å²) in [6.07, 6.45) is 2.01. The number of amides is 1. The van der Waals surface area contributed by atoms with Gasteiger partial charge in [-0.25, -0.2) is 4.98 Å². The molecule has 0 unspecified atom stereocenters. The normalized spacial score (nSPS) is 15.1. The lowest BCUT2D eigenvalue weighted by Gasteiger charge is -2.23. The van der Waals surface area contributed by atoms with Gasteiger partial charge in [-0.2, -0.15) is 0 Å². The van der Waals surface area contributed by atoms with Gasteiger partial charge in [0, 0.05) is 18.8 Å². The van der Waals surface area contributed by atoms with E-state index in [1.807, 2.05) is 24.3 Å². The van der Waals surface area contributed by atoms with Crippen molar-refractivity contribution in [2.45, 2.75) is 18.8 Å². The highest BCUT2D eigenvalue weighted by atomic mass is 32.1. The number of hydrogen-bond acceptors (Lipinski definition) is 5. The molecule has 0 spiro atoms. The number of nitrogens with zero attached hydrogens (tertiary/aromatic N) is 1. The zero-order valence-electron chi connectivity index (χ0n) is 14.5. The van der Waals surface area contributed by atoms with E-state index in [0.29, 0.717) is 16.6 Å². The molecule has 1 aliphatic rings. The van der Waals surface area contributed by atoms with Crippen molar-refractivity contribution < 1.29 is 14.3 Å². The van der Waals surface area contributed by atoms with Gasteiger partial charge in [0.2, 0.25) is 0 Å². The van der Waals surface area contributed by atoms with Gasteiger partial charge in [-0.15, -0.1) is 0 Å². The predicted molar refractivity (Wildman–Crippen MR) is 103 cm³/mol. The summed E-state index contributed by atoms with van der Waals surface area (Å²) in [6.45, 7) is 1.57. The summed E-state index contributed by atoms with van der Waals surface area (Å²) in [5.41, 5.74) is 2.69. The molecule has 1 aliphatic heterocycles. The Hall–Kier alpha value is -2.44. The summed E-state index contributed by atoms with van der Waals surface area (Å²) in [5.74, 6) is 1.03. The lowest BCUT2D eigenvalue weighted by molar-refractivity contribution is 0.0856. The second kappa shape index (κ2) is 7.43. The molecular weight excluding hydrogens is 348 g/mol. The summed E-state index contributed by atoms with van der Waals surface area (Å²) in [4.78, 5) is 17.1. The molecule has 26 heavy (non-hydrogen) atoms. The molecule has 134 valence electrons. The van der Waals surface area contributed by atoms with Crippen molar-refractivity contribution in [1.29, 1.82) is 0 Å². The molecule has 0 aliphatic carbocycles. The van der Waals surface area contributed by atoms with Crippen LogP contribution in [0, 0.1) is 0 Å². The van der Waals surface area contributed by atoms with Crippen LogP contribution in [0.15, 0.2) is 42.5 Å². The van der Waals surface area contributed by atoms with E-state index in [4.69, 9.17) is 9.47 Å². The second-order valence-electron chi connectivity index (χ2n) is 6.26. The third kappa shape index (κ3) is 3.30. The van der Waals surface area contributed by atoms with E-state index in [0.717, 1.165) is 42.0 Å². The van der Waals surface area contributed by atoms with Crippen LogP contribution in [0.3, 0.4) is 0 Å². The van der Waals surface area contributed by atoms with Crippen LogP contribution in [0.4, 0.5) is 5.13 Å². The Labute approximate surface area is 156 Å². The van der Waals surface area contributed by atoms with Gasteiger partial charge in [-0.05, 0) is 42.5 Å². The molecule has 1 amide bonds. The summed E-state index contributed by atoms with van der Waals surface area (Å²) in [5, 5.41) is 3.51. The minimum absolute atomic E-state index is 0.156. The minimum Gasteiger partial charge on any atom is -0.494 e. The van der Waals surface area contributed by atoms with Gasteiger partial charge in [0.1, 0.15) is 11.3 Å². The fourth-order valence-corrected chi connectivity index (χ4v) is 4.38. The van der Waals surface area contributed by atoms with E-state index in [2.05, 4.69) is 16.4 Å². The summed E-state index contributed by atoms with van der Waals surface area (Å²) in [6, 6.07) is 13.2. The molecule has 4 rings (SSSR count). The highest BCUT2D eigenvalue weighted by Gasteiger charge is 2.22. The second-order valence-corrected chi connectivity index (χ2v) is 7.26. The van der Waals surface area contributed by atoms with E-state index >= 15 is 0 Å². The molecule has 1 fully saturated rings. The Bertz CT molecular complexity index is 917. The monoisotopic (exact) mass is 368 g/mol. The molecular formula is C20H20N2O3S. The maximum atomic E-state index is 12.4. The molecule has 3 aromatic rings. The van der Waals surface area contributed by atoms with Gasteiger partial charge < -0.3 is 9.47 Å². The Morgan fingerprint density at radius 1 is 1.19 bits per heavy atom. The first-order valence-corrected chi connectivity index (χ1v) is 9.49. The average Bonchev–Trinajstić information content (AvgIpc) is 3.12. The minimum atomic E-state index is -0.156. The molecule has 2 aromatic carbocycles. The van der Waals surface area contributed by atoms with E-state index in [9.17, 15) is 4.79 Å². The third-order valence-corrected chi connectivity index (χ3v) is 5.69. The highest BCUT2D eigenvalue weighted by molar-refractivity contribution is 7.22. The van der Waals surface area contributed by atoms with E-state index in [1.54, 1.807) is 19.2 Å². The average molecular weight is 368 g/mol. The summed E-state index contributed by atoms with van der Waals surface area (Å²) >= 11 is 1.51. The number of nitrogens with one attached hydrogen (secondary N) is 1. The molecule has 0 radical (unpaired) electrons. The van der Waals surface area contributed by atoms with Crippen LogP contribution in [0.5, 0.6) is 5.75 Å². The molecule has 1 N–H and O–H groups in total. The molecule has 1 aromatic heterocycles. The van der Waals surface area contributed by atoms with Crippen molar-refractivity contribution in [3.63, 3.8) is 0 Å². The van der Waals surface area contributed by atoms with Gasteiger partial charge in [-0.3, -0.25) is 10.1 Å². The summed E-state index contributed by atoms with van der Waals surface area (Å²) in [7, 11) is 1.64. The van der Waals surface area contributed by atoms with E-state index in [-0.39, 0.29) is 5.91 Å². The van der Waals surface area contributed by atoms with E-state index < -0.39 is 0 Å². The van der Waals surface area contributed by atoms with Crippen LogP contribution >= 0.6 is 11.3 Å². The number of thiazole rings is 1. The van der Waals surface area contributed by atoms with Gasteiger partial charge in [0.25, 0.3) is 5.91 Å². The number of carbonyl (C=O) groups excluding carboxylic acids is 1. The van der Waals surface area contributed by atoms with Gasteiger partial charge in [0.15, 0.2) is 5.13 Å². The highest BCUT2D eigenvalue weighted by Crippen LogP contribution is 2.40. The lowest BCUT2D eigenvalue weighted by atomic mass is 9.91. The van der Waals surface area contributed by atoms with Crippen LogP contribution in [0.1, 0.15) is 34.7 Å². The van der Waals surface area contributed by atoms with Crippen molar-refractivity contribution in [3.05, 3.63) is 53.6 Å². The first kappa shape index (κ1) is 17.0. The SMILES string of the molecule is COc1ccc(C2CCOCC2)c2sc(NC(=O)c3ccccc3)nc12. The van der Waals surface area contributed by atoms with Crippen LogP contribution in [-0.2, 0) is 4.74 Å². The van der Waals surface area contributed by atoms with Crippen molar-refractivity contribution in [2.75, 3.05) is 25.6 Å². The quantitative estimate of drug-likeness (QED) is 0.739. The first-order chi connectivity index (χ1) is 12.8. The first-order valence-electron chi connectivity index (χ1n) is 8.68. The number of hydrogen-bond donors (Lipinski definition) is 1. The maximum Gasteiger partial charge on any atom is 0.257 e. The maximum absolute atomic E-state index is 12.4. The Morgan fingerprint density at radius 3 is 2.69 bits per heavy atom. The van der Waals surface area contributed by atoms with Crippen LogP contribution in [-0.4, -0.2) is 31.2 Å². The number of rotatable bonds is 4. The number of carbonyl (C=O) groups is 1. The van der Waals surface area contributed by atoms with Crippen molar-refractivity contribution in [3.8, 4) is 5.75 Å². The molecule has 2 heterocycles. The molecule has 0 bridgehead atoms. The predicted octanol–water partition coefficient (Wildman–Crippen LogP) is 4.45. The van der Waals surface area contributed by atoms with Gasteiger partial charge in [-0.1, -0.05) is 35.6 Å². The van der Waals surface area contributed by atoms with Crippen LogP contribution in [0.2, 0.25) is 0 Å². The van der Waals surface area contributed by atoms with Crippen molar-refractivity contribution in [1.82, 2.24) is 4.98 Å². The lowest BCUT2D eigenvalue weighted by Crippen LogP contribution is -2.14. The number of benzene rings is 2. The van der Waals surface area contributed by atoms with Gasteiger partial charge in [0.05, 0.1) is 11.8 Å². The van der Waals surface area contributed by atoms with Crippen molar-refractivity contribution >= 4 is 32.6 Å². The standard InChI is InChI=1S/C20H20N2O3S/c1-24-16-8-7-15(13-9-11-25-12-10-13)18-17(16)21-20(26-18)22-19(23)14-5-3-2-4-6-14/h2-8,13H,9-12H2,1H3,(H,21,22,23). The number of ether oxygens (including phenoxy) is 2.